The molecule has 0 saturated heterocycles. The predicted molar refractivity (Wildman–Crippen MR) is 98.8 cm³/mol. The molecule has 1 aliphatic rings. The number of hydrogen-bond donors (Lipinski definition) is 2. The molecule has 3 aromatic rings. The van der Waals surface area contributed by atoms with Crippen molar-refractivity contribution in [3.05, 3.63) is 69.7 Å². The van der Waals surface area contributed by atoms with E-state index in [1.54, 1.807) is 0 Å². The van der Waals surface area contributed by atoms with Gasteiger partial charge in [0, 0.05) is 5.92 Å². The summed E-state index contributed by atoms with van der Waals surface area (Å²) in [6.45, 7) is 0.290. The molecule has 1 heterocycles. The fourth-order valence-corrected chi connectivity index (χ4v) is 3.83. The molecule has 8 heteroatoms. The monoisotopic (exact) mass is 381 g/mol. The number of aromatic nitrogens is 2. The van der Waals surface area contributed by atoms with Gasteiger partial charge in [0.05, 0.1) is 6.54 Å². The second-order valence-corrected chi connectivity index (χ2v) is 7.05. The highest BCUT2D eigenvalue weighted by Gasteiger charge is 2.29. The van der Waals surface area contributed by atoms with Crippen LogP contribution in [0.3, 0.4) is 0 Å². The van der Waals surface area contributed by atoms with Crippen LogP contribution in [0.15, 0.2) is 48.5 Å². The fourth-order valence-electron chi connectivity index (χ4n) is 3.21. The van der Waals surface area contributed by atoms with E-state index >= 15 is 0 Å². The zero-order valence-corrected chi connectivity index (χ0v) is 14.9. The molecular formula is C19H15N3O4S. The van der Waals surface area contributed by atoms with Crippen LogP contribution in [0.1, 0.15) is 31.9 Å². The van der Waals surface area contributed by atoms with Gasteiger partial charge in [0.1, 0.15) is 11.6 Å². The molecule has 0 saturated carbocycles. The highest BCUT2D eigenvalue weighted by molar-refractivity contribution is 7.13. The lowest BCUT2D eigenvalue weighted by atomic mass is 9.98. The number of hydrogen-bond acceptors (Lipinski definition) is 6. The number of carboxylic acids is 1. The number of alkyl carbamates (subject to hydrolysis) is 1. The highest BCUT2D eigenvalue weighted by Crippen LogP contribution is 2.44. The summed E-state index contributed by atoms with van der Waals surface area (Å²) >= 11 is 0.916. The number of carbonyl (C=O) groups is 2. The summed E-state index contributed by atoms with van der Waals surface area (Å²) in [5.41, 5.74) is 4.61. The Labute approximate surface area is 158 Å². The van der Waals surface area contributed by atoms with Crippen LogP contribution in [-0.2, 0) is 11.3 Å². The Morgan fingerprint density at radius 2 is 1.67 bits per heavy atom. The molecule has 4 rings (SSSR count). The molecule has 7 nitrogen and oxygen atoms in total. The van der Waals surface area contributed by atoms with E-state index < -0.39 is 12.1 Å². The molecule has 2 aromatic carbocycles. The molecular weight excluding hydrogens is 366 g/mol. The van der Waals surface area contributed by atoms with E-state index in [1.807, 2.05) is 24.3 Å². The van der Waals surface area contributed by atoms with Crippen LogP contribution in [0.25, 0.3) is 11.1 Å². The first-order valence-corrected chi connectivity index (χ1v) is 9.09. The van der Waals surface area contributed by atoms with Crippen molar-refractivity contribution < 1.29 is 19.4 Å². The number of benzene rings is 2. The third-order valence-corrected chi connectivity index (χ3v) is 5.29. The van der Waals surface area contributed by atoms with Crippen LogP contribution < -0.4 is 5.32 Å². The molecule has 0 spiro atoms. The molecule has 1 aromatic heterocycles. The topological polar surface area (TPSA) is 101 Å². The van der Waals surface area contributed by atoms with Gasteiger partial charge in [-0.1, -0.05) is 59.9 Å². The fraction of sp³-hybridized carbons (Fsp3) is 0.158. The first-order chi connectivity index (χ1) is 13.1. The standard InChI is InChI=1S/C19H15N3O4S/c23-18(24)17-22-21-16(27-17)9-20-19(25)26-10-15-13-7-3-1-5-11(13)12-6-2-4-8-14(12)15/h1-8,15H,9-10H2,(H,20,25)(H,23,24). The summed E-state index contributed by atoms with van der Waals surface area (Å²) in [4.78, 5) is 22.8. The Balaban J connectivity index is 1.39. The number of amides is 1. The van der Waals surface area contributed by atoms with E-state index in [4.69, 9.17) is 9.84 Å². The first kappa shape index (κ1) is 17.2. The van der Waals surface area contributed by atoms with E-state index in [0.717, 1.165) is 33.6 Å². The van der Waals surface area contributed by atoms with Gasteiger partial charge in [-0.05, 0) is 22.3 Å². The second kappa shape index (κ2) is 7.16. The van der Waals surface area contributed by atoms with Crippen LogP contribution in [0.4, 0.5) is 4.79 Å². The van der Waals surface area contributed by atoms with Gasteiger partial charge in [0.2, 0.25) is 5.01 Å². The molecule has 1 amide bonds. The maximum atomic E-state index is 12.0. The van der Waals surface area contributed by atoms with Crippen molar-refractivity contribution in [1.82, 2.24) is 15.5 Å². The van der Waals surface area contributed by atoms with Crippen LogP contribution in [0.2, 0.25) is 0 Å². The third kappa shape index (κ3) is 3.39. The van der Waals surface area contributed by atoms with Crippen LogP contribution >= 0.6 is 11.3 Å². The molecule has 136 valence electrons. The number of ether oxygens (including phenoxy) is 1. The minimum atomic E-state index is -1.14. The molecule has 0 atom stereocenters. The molecule has 27 heavy (non-hydrogen) atoms. The van der Waals surface area contributed by atoms with E-state index in [-0.39, 0.29) is 24.1 Å². The lowest BCUT2D eigenvalue weighted by Crippen LogP contribution is -2.25. The summed E-state index contributed by atoms with van der Waals surface area (Å²) in [6.07, 6.45) is -0.580. The summed E-state index contributed by atoms with van der Waals surface area (Å²) in [7, 11) is 0. The number of rotatable bonds is 5. The van der Waals surface area contributed by atoms with Gasteiger partial charge < -0.3 is 15.2 Å². The highest BCUT2D eigenvalue weighted by atomic mass is 32.1. The molecule has 0 aliphatic heterocycles. The first-order valence-electron chi connectivity index (χ1n) is 8.28. The van der Waals surface area contributed by atoms with Gasteiger partial charge >= 0.3 is 12.1 Å². The maximum Gasteiger partial charge on any atom is 0.407 e. The van der Waals surface area contributed by atoms with Crippen molar-refractivity contribution in [2.45, 2.75) is 12.5 Å². The zero-order chi connectivity index (χ0) is 18.8. The number of carboxylic acid groups (broad SMARTS) is 1. The van der Waals surface area contributed by atoms with E-state index in [2.05, 4.69) is 39.8 Å². The normalized spacial score (nSPS) is 12.3. The summed E-state index contributed by atoms with van der Waals surface area (Å²) in [5, 5.41) is 19.0. The van der Waals surface area contributed by atoms with Crippen molar-refractivity contribution in [3.63, 3.8) is 0 Å². The molecule has 0 radical (unpaired) electrons. The van der Waals surface area contributed by atoms with Gasteiger partial charge in [-0.2, -0.15) is 0 Å². The van der Waals surface area contributed by atoms with Gasteiger partial charge in [-0.25, -0.2) is 9.59 Å². The maximum absolute atomic E-state index is 12.0. The van der Waals surface area contributed by atoms with Gasteiger partial charge in [-0.3, -0.25) is 0 Å². The lowest BCUT2D eigenvalue weighted by Gasteiger charge is -2.14. The van der Waals surface area contributed by atoms with Gasteiger partial charge in [0.25, 0.3) is 0 Å². The minimum Gasteiger partial charge on any atom is -0.476 e. The Morgan fingerprint density at radius 3 is 2.26 bits per heavy atom. The van der Waals surface area contributed by atoms with E-state index in [1.165, 1.54) is 0 Å². The van der Waals surface area contributed by atoms with E-state index in [0.29, 0.717) is 5.01 Å². The third-order valence-electron chi connectivity index (χ3n) is 4.38. The Hall–Kier alpha value is -3.26. The van der Waals surface area contributed by atoms with Crippen LogP contribution in [-0.4, -0.2) is 34.0 Å². The SMILES string of the molecule is O=C(NCc1nnc(C(=O)O)s1)OCC1c2ccccc2-c2ccccc21. The van der Waals surface area contributed by atoms with E-state index in [9.17, 15) is 9.59 Å². The Kier molecular flexibility index (Phi) is 4.55. The van der Waals surface area contributed by atoms with Gasteiger partial charge in [-0.15, -0.1) is 10.2 Å². The predicted octanol–water partition coefficient (Wildman–Crippen LogP) is 3.28. The van der Waals surface area contributed by atoms with Crippen molar-refractivity contribution >= 4 is 23.4 Å². The van der Waals surface area contributed by atoms with Gasteiger partial charge in [0.15, 0.2) is 0 Å². The number of fused-ring (bicyclic) bond motifs is 3. The van der Waals surface area contributed by atoms with Crippen molar-refractivity contribution in [3.8, 4) is 11.1 Å². The van der Waals surface area contributed by atoms with Crippen molar-refractivity contribution in [2.75, 3.05) is 6.61 Å². The Morgan fingerprint density at radius 1 is 1.04 bits per heavy atom. The molecule has 1 aliphatic carbocycles. The Bertz CT molecular complexity index is 972. The number of nitrogens with zero attached hydrogens (tertiary/aromatic N) is 2. The lowest BCUT2D eigenvalue weighted by molar-refractivity contribution is 0.0695. The number of carbonyl (C=O) groups excluding carboxylic acids is 1. The largest absolute Gasteiger partial charge is 0.476 e. The number of nitrogens with one attached hydrogen (secondary N) is 1. The molecule has 2 N–H and O–H groups in total. The number of aromatic carboxylic acids is 1. The quantitative estimate of drug-likeness (QED) is 0.703. The van der Waals surface area contributed by atoms with Crippen molar-refractivity contribution in [2.24, 2.45) is 0 Å². The molecule has 0 bridgehead atoms. The van der Waals surface area contributed by atoms with Crippen LogP contribution in [0, 0.1) is 0 Å². The summed E-state index contributed by atoms with van der Waals surface area (Å²) in [5.74, 6) is -1.15. The second-order valence-electron chi connectivity index (χ2n) is 5.99. The summed E-state index contributed by atoms with van der Waals surface area (Å²) in [6, 6.07) is 16.2. The minimum absolute atomic E-state index is 0.0108. The molecule has 0 fully saturated rings. The van der Waals surface area contributed by atoms with Crippen LogP contribution in [0.5, 0.6) is 0 Å². The average molecular weight is 381 g/mol. The zero-order valence-electron chi connectivity index (χ0n) is 14.1. The molecule has 0 unspecified atom stereocenters. The summed E-state index contributed by atoms with van der Waals surface area (Å²) < 4.78 is 5.41. The van der Waals surface area contributed by atoms with Crippen molar-refractivity contribution in [1.29, 1.82) is 0 Å². The smallest absolute Gasteiger partial charge is 0.407 e. The average Bonchev–Trinajstić information content (AvgIpc) is 3.28.